The predicted molar refractivity (Wildman–Crippen MR) is 105 cm³/mol. The van der Waals surface area contributed by atoms with Crippen LogP contribution in [0.5, 0.6) is 5.75 Å². The molecule has 5 heteroatoms. The third kappa shape index (κ3) is 5.84. The molecule has 2 aromatic rings. The molecule has 0 aliphatic rings. The molecule has 0 spiro atoms. The molecule has 0 fully saturated rings. The maximum atomic E-state index is 12.4. The van der Waals surface area contributed by atoms with Crippen molar-refractivity contribution in [1.82, 2.24) is 0 Å². The largest absolute Gasteiger partial charge is 0.466 e. The molecule has 0 saturated carbocycles. The topological polar surface area (TPSA) is 52.6 Å². The van der Waals surface area contributed by atoms with Gasteiger partial charge in [-0.2, -0.15) is 0 Å². The van der Waals surface area contributed by atoms with Gasteiger partial charge in [0.15, 0.2) is 0 Å². The van der Waals surface area contributed by atoms with Gasteiger partial charge < -0.3 is 9.47 Å². The summed E-state index contributed by atoms with van der Waals surface area (Å²) in [4.78, 5) is 24.7. The summed E-state index contributed by atoms with van der Waals surface area (Å²) in [5.74, 6) is -0.865. The number of carbonyl (C=O) groups is 2. The van der Waals surface area contributed by atoms with Crippen LogP contribution in [0.4, 0.5) is 0 Å². The summed E-state index contributed by atoms with van der Waals surface area (Å²) >= 11 is 0. The monoisotopic (exact) mass is 370 g/mol. The second-order valence-electron chi connectivity index (χ2n) is 7.49. The molecule has 0 aromatic heterocycles. The first kappa shape index (κ1) is 19.9. The van der Waals surface area contributed by atoms with Gasteiger partial charge in [0.2, 0.25) is 0 Å². The zero-order valence-electron chi connectivity index (χ0n) is 15.8. The highest BCUT2D eigenvalue weighted by atomic mass is 28.3. The summed E-state index contributed by atoms with van der Waals surface area (Å²) in [7, 11) is -1.25. The fraction of sp³-hybridized carbons (Fsp3) is 0.333. The van der Waals surface area contributed by atoms with E-state index in [0.29, 0.717) is 23.5 Å². The maximum Gasteiger partial charge on any atom is 0.343 e. The molecular formula is C21H26O4Si. The van der Waals surface area contributed by atoms with Gasteiger partial charge in [0.1, 0.15) is 5.75 Å². The molecule has 0 N–H and O–H groups in total. The van der Waals surface area contributed by atoms with Crippen molar-refractivity contribution in [2.45, 2.75) is 38.5 Å². The Kier molecular flexibility index (Phi) is 6.74. The van der Waals surface area contributed by atoms with E-state index in [4.69, 9.17) is 9.47 Å². The molecule has 0 bridgehead atoms. The van der Waals surface area contributed by atoms with E-state index in [9.17, 15) is 9.59 Å². The van der Waals surface area contributed by atoms with Crippen LogP contribution in [0, 0.1) is 0 Å². The Hall–Kier alpha value is -2.40. The summed E-state index contributed by atoms with van der Waals surface area (Å²) in [6, 6.07) is 16.8. The summed E-state index contributed by atoms with van der Waals surface area (Å²) in [5, 5.41) is 0. The minimum absolute atomic E-state index is 0.300. The quantitative estimate of drug-likeness (QED) is 0.395. The van der Waals surface area contributed by atoms with Gasteiger partial charge in [-0.1, -0.05) is 56.0 Å². The van der Waals surface area contributed by atoms with E-state index in [2.05, 4.69) is 19.6 Å². The highest BCUT2D eigenvalue weighted by molar-refractivity contribution is 6.76. The van der Waals surface area contributed by atoms with Crippen LogP contribution >= 0.6 is 0 Å². The molecule has 26 heavy (non-hydrogen) atoms. The Morgan fingerprint density at radius 3 is 2.23 bits per heavy atom. The van der Waals surface area contributed by atoms with Crippen LogP contribution in [0.25, 0.3) is 0 Å². The van der Waals surface area contributed by atoms with Gasteiger partial charge in [-0.15, -0.1) is 0 Å². The van der Waals surface area contributed by atoms with Crippen LogP contribution in [-0.4, -0.2) is 26.6 Å². The van der Waals surface area contributed by atoms with Gasteiger partial charge in [0, 0.05) is 13.6 Å². The minimum atomic E-state index is -1.25. The first-order chi connectivity index (χ1) is 12.3. The number of hydrogen-bond acceptors (Lipinski definition) is 4. The lowest BCUT2D eigenvalue weighted by molar-refractivity contribution is -0.144. The van der Waals surface area contributed by atoms with Crippen LogP contribution in [0.2, 0.25) is 25.7 Å². The van der Waals surface area contributed by atoms with Gasteiger partial charge >= 0.3 is 11.9 Å². The number of para-hydroxylation sites is 1. The fourth-order valence-corrected chi connectivity index (χ4v) is 3.09. The lowest BCUT2D eigenvalue weighted by atomic mass is 10.0. The Balaban J connectivity index is 2.07. The summed E-state index contributed by atoms with van der Waals surface area (Å²) in [6.45, 7) is 8.92. The molecule has 0 radical (unpaired) electrons. The van der Waals surface area contributed by atoms with Gasteiger partial charge in [-0.05, 0) is 31.2 Å². The molecule has 138 valence electrons. The van der Waals surface area contributed by atoms with E-state index in [1.54, 1.807) is 49.4 Å². The van der Waals surface area contributed by atoms with Crippen molar-refractivity contribution >= 4 is 20.0 Å². The van der Waals surface area contributed by atoms with E-state index in [1.165, 1.54) is 0 Å². The van der Waals surface area contributed by atoms with Gasteiger partial charge in [-0.3, -0.25) is 4.79 Å². The minimum Gasteiger partial charge on any atom is -0.466 e. The van der Waals surface area contributed by atoms with Crippen LogP contribution in [0.3, 0.4) is 0 Å². The standard InChI is InChI=1S/C21H26O4Si/c1-16(20(22)24-14-15-26(2,3)4)18-12-8-9-13-19(18)25-21(23)17-10-6-5-7-11-17/h5-13,16H,14-15H2,1-4H3. The number of benzene rings is 2. The molecule has 0 amide bonds. The molecule has 2 aromatic carbocycles. The zero-order valence-corrected chi connectivity index (χ0v) is 16.8. The second-order valence-corrected chi connectivity index (χ2v) is 13.1. The first-order valence-electron chi connectivity index (χ1n) is 8.81. The summed E-state index contributed by atoms with van der Waals surface area (Å²) < 4.78 is 11.0. The molecule has 4 nitrogen and oxygen atoms in total. The lowest BCUT2D eigenvalue weighted by Crippen LogP contribution is -2.24. The van der Waals surface area contributed by atoms with Crippen LogP contribution < -0.4 is 4.74 Å². The van der Waals surface area contributed by atoms with Crippen LogP contribution in [0.15, 0.2) is 54.6 Å². The van der Waals surface area contributed by atoms with E-state index < -0.39 is 20.0 Å². The third-order valence-corrected chi connectivity index (χ3v) is 5.75. The van der Waals surface area contributed by atoms with E-state index in [0.717, 1.165) is 6.04 Å². The Morgan fingerprint density at radius 2 is 1.58 bits per heavy atom. The van der Waals surface area contributed by atoms with Crippen molar-refractivity contribution in [2.24, 2.45) is 0 Å². The van der Waals surface area contributed by atoms with Crippen LogP contribution in [-0.2, 0) is 9.53 Å². The number of hydrogen-bond donors (Lipinski definition) is 0. The average Bonchev–Trinajstić information content (AvgIpc) is 2.61. The average molecular weight is 371 g/mol. The van der Waals surface area contributed by atoms with Crippen molar-refractivity contribution in [2.75, 3.05) is 6.61 Å². The summed E-state index contributed by atoms with van der Waals surface area (Å²) in [5.41, 5.74) is 1.11. The second kappa shape index (κ2) is 8.81. The number of esters is 2. The van der Waals surface area contributed by atoms with Crippen molar-refractivity contribution in [3.05, 3.63) is 65.7 Å². The molecule has 0 aliphatic heterocycles. The maximum absolute atomic E-state index is 12.4. The van der Waals surface area contributed by atoms with Crippen molar-refractivity contribution < 1.29 is 19.1 Å². The molecule has 1 atom stereocenters. The molecule has 0 aliphatic carbocycles. The number of carbonyl (C=O) groups excluding carboxylic acids is 2. The zero-order chi connectivity index (χ0) is 19.2. The first-order valence-corrected chi connectivity index (χ1v) is 12.5. The molecule has 1 unspecified atom stereocenters. The van der Waals surface area contributed by atoms with E-state index >= 15 is 0 Å². The highest BCUT2D eigenvalue weighted by Crippen LogP contribution is 2.28. The van der Waals surface area contributed by atoms with Gasteiger partial charge in [-0.25, -0.2) is 4.79 Å². The SMILES string of the molecule is CC(C(=O)OCC[Si](C)(C)C)c1ccccc1OC(=O)c1ccccc1. The van der Waals surface area contributed by atoms with Crippen molar-refractivity contribution in [3.63, 3.8) is 0 Å². The lowest BCUT2D eigenvalue weighted by Gasteiger charge is -2.18. The number of rotatable bonds is 7. The van der Waals surface area contributed by atoms with Gasteiger partial charge in [0.25, 0.3) is 0 Å². The van der Waals surface area contributed by atoms with Gasteiger partial charge in [0.05, 0.1) is 18.1 Å². The van der Waals surface area contributed by atoms with E-state index in [1.807, 2.05) is 12.1 Å². The summed E-state index contributed by atoms with van der Waals surface area (Å²) in [6.07, 6.45) is 0. The molecular weight excluding hydrogens is 344 g/mol. The molecule has 0 heterocycles. The highest BCUT2D eigenvalue weighted by Gasteiger charge is 2.23. The molecule has 2 rings (SSSR count). The smallest absolute Gasteiger partial charge is 0.343 e. The fourth-order valence-electron chi connectivity index (χ4n) is 2.37. The van der Waals surface area contributed by atoms with Crippen molar-refractivity contribution in [3.8, 4) is 5.75 Å². The Morgan fingerprint density at radius 1 is 0.962 bits per heavy atom. The predicted octanol–water partition coefficient (Wildman–Crippen LogP) is 4.89. The van der Waals surface area contributed by atoms with E-state index in [-0.39, 0.29) is 5.97 Å². The normalized spacial score (nSPS) is 12.3. The third-order valence-electron chi connectivity index (χ3n) is 4.05. The van der Waals surface area contributed by atoms with Crippen molar-refractivity contribution in [1.29, 1.82) is 0 Å². The Bertz CT molecular complexity index is 750. The Labute approximate surface area is 156 Å². The number of ether oxygens (including phenoxy) is 2. The molecule has 0 saturated heterocycles. The van der Waals surface area contributed by atoms with Crippen LogP contribution in [0.1, 0.15) is 28.8 Å².